The van der Waals surface area contributed by atoms with Crippen molar-refractivity contribution in [2.75, 3.05) is 0 Å². The Kier molecular flexibility index (Phi) is 30.2. The van der Waals surface area contributed by atoms with Crippen LogP contribution in [0.2, 0.25) is 0 Å². The third-order valence-electron chi connectivity index (χ3n) is 8.28. The fourth-order valence-corrected chi connectivity index (χ4v) is 5.64. The van der Waals surface area contributed by atoms with E-state index in [2.05, 4.69) is 27.7 Å². The van der Waals surface area contributed by atoms with Crippen molar-refractivity contribution < 1.29 is 0 Å². The first-order valence-electron chi connectivity index (χ1n) is 17.2. The Labute approximate surface area is 225 Å². The van der Waals surface area contributed by atoms with Crippen LogP contribution in [0.4, 0.5) is 0 Å². The molecule has 0 heterocycles. The number of rotatable bonds is 30. The highest BCUT2D eigenvalue weighted by molar-refractivity contribution is 4.57. The molecule has 1 unspecified atom stereocenters. The molecular weight excluding hydrogens is 420 g/mol. The molecular formula is C35H72. The molecule has 0 aromatic rings. The molecule has 0 aliphatic carbocycles. The van der Waals surface area contributed by atoms with Crippen LogP contribution in [-0.4, -0.2) is 0 Å². The summed E-state index contributed by atoms with van der Waals surface area (Å²) in [5, 5.41) is 0. The molecule has 0 amide bonds. The summed E-state index contributed by atoms with van der Waals surface area (Å²) in [6.45, 7) is 9.51. The highest BCUT2D eigenvalue weighted by atomic mass is 14.1. The van der Waals surface area contributed by atoms with Gasteiger partial charge in [0.2, 0.25) is 0 Å². The summed E-state index contributed by atoms with van der Waals surface area (Å²) in [6, 6.07) is 0. The van der Waals surface area contributed by atoms with Crippen molar-refractivity contribution >= 4 is 0 Å². The molecule has 0 heteroatoms. The summed E-state index contributed by atoms with van der Waals surface area (Å²) >= 11 is 0. The van der Waals surface area contributed by atoms with E-state index in [1.165, 1.54) is 186 Å². The molecule has 0 saturated heterocycles. The van der Waals surface area contributed by atoms with Gasteiger partial charge in [0.15, 0.2) is 0 Å². The Morgan fingerprint density at radius 2 is 0.514 bits per heavy atom. The summed E-state index contributed by atoms with van der Waals surface area (Å²) in [4.78, 5) is 0. The maximum atomic E-state index is 2.51. The van der Waals surface area contributed by atoms with Gasteiger partial charge in [0, 0.05) is 0 Å². The zero-order valence-corrected chi connectivity index (χ0v) is 25.7. The number of unbranched alkanes of at least 4 members (excludes halogenated alkanes) is 24. The third-order valence-corrected chi connectivity index (χ3v) is 8.28. The second-order valence-corrected chi connectivity index (χ2v) is 12.7. The smallest absolute Gasteiger partial charge is 0.0443 e. The topological polar surface area (TPSA) is 0 Å². The van der Waals surface area contributed by atoms with Gasteiger partial charge >= 0.3 is 0 Å². The molecule has 0 rings (SSSR count). The van der Waals surface area contributed by atoms with E-state index in [-0.39, 0.29) is 0 Å². The van der Waals surface area contributed by atoms with Gasteiger partial charge in [-0.3, -0.25) is 0 Å². The summed E-state index contributed by atoms with van der Waals surface area (Å²) in [6.07, 6.45) is 42.8. The van der Waals surface area contributed by atoms with Gasteiger partial charge < -0.3 is 0 Å². The summed E-state index contributed by atoms with van der Waals surface area (Å²) in [5.74, 6) is 1.86. The third kappa shape index (κ3) is 32.0. The average Bonchev–Trinajstić information content (AvgIpc) is 2.84. The fourth-order valence-electron chi connectivity index (χ4n) is 5.64. The zero-order chi connectivity index (χ0) is 25.7. The lowest BCUT2D eigenvalue weighted by Crippen LogP contribution is -1.95. The Morgan fingerprint density at radius 1 is 0.286 bits per heavy atom. The van der Waals surface area contributed by atoms with Crippen LogP contribution in [0.3, 0.4) is 0 Å². The average molecular weight is 493 g/mol. The van der Waals surface area contributed by atoms with Crippen molar-refractivity contribution in [3.63, 3.8) is 0 Å². The highest BCUT2D eigenvalue weighted by Gasteiger charge is 2.02. The van der Waals surface area contributed by atoms with E-state index in [4.69, 9.17) is 0 Å². The Bertz CT molecular complexity index is 357. The molecule has 35 heavy (non-hydrogen) atoms. The van der Waals surface area contributed by atoms with Crippen LogP contribution in [0.15, 0.2) is 0 Å². The zero-order valence-electron chi connectivity index (χ0n) is 25.7. The molecule has 212 valence electrons. The first-order valence-corrected chi connectivity index (χ1v) is 17.2. The molecule has 0 bridgehead atoms. The molecule has 0 aliphatic rings. The molecule has 0 aliphatic heterocycles. The minimum Gasteiger partial charge on any atom is -0.0654 e. The van der Waals surface area contributed by atoms with Crippen LogP contribution in [-0.2, 0) is 0 Å². The molecule has 0 nitrogen and oxygen atoms in total. The second-order valence-electron chi connectivity index (χ2n) is 12.7. The van der Waals surface area contributed by atoms with Crippen LogP contribution >= 0.6 is 0 Å². The van der Waals surface area contributed by atoms with Crippen LogP contribution in [0.25, 0.3) is 0 Å². The molecule has 0 fully saturated rings. The monoisotopic (exact) mass is 493 g/mol. The van der Waals surface area contributed by atoms with Crippen LogP contribution in [0.1, 0.15) is 214 Å². The van der Waals surface area contributed by atoms with Gasteiger partial charge in [0.25, 0.3) is 0 Å². The lowest BCUT2D eigenvalue weighted by atomic mass is 9.95. The SMILES string of the molecule is CCCCCCCCCCCCCCCCC(C)CCCCCCCCCCCCCCC(C)C. The van der Waals surface area contributed by atoms with E-state index in [0.717, 1.165) is 11.8 Å². The lowest BCUT2D eigenvalue weighted by molar-refractivity contribution is 0.429. The van der Waals surface area contributed by atoms with E-state index in [1.807, 2.05) is 0 Å². The lowest BCUT2D eigenvalue weighted by Gasteiger charge is -2.11. The second kappa shape index (κ2) is 30.2. The van der Waals surface area contributed by atoms with Crippen LogP contribution in [0, 0.1) is 11.8 Å². The van der Waals surface area contributed by atoms with Crippen molar-refractivity contribution in [3.8, 4) is 0 Å². The van der Waals surface area contributed by atoms with E-state index >= 15 is 0 Å². The highest BCUT2D eigenvalue weighted by Crippen LogP contribution is 2.19. The van der Waals surface area contributed by atoms with E-state index in [0.29, 0.717) is 0 Å². The molecule has 0 N–H and O–H groups in total. The molecule has 0 aromatic heterocycles. The minimum absolute atomic E-state index is 0.895. The van der Waals surface area contributed by atoms with Crippen molar-refractivity contribution in [2.24, 2.45) is 11.8 Å². The Morgan fingerprint density at radius 3 is 0.771 bits per heavy atom. The summed E-state index contributed by atoms with van der Waals surface area (Å²) in [5.41, 5.74) is 0. The molecule has 0 aromatic carbocycles. The summed E-state index contributed by atoms with van der Waals surface area (Å²) < 4.78 is 0. The predicted molar refractivity (Wildman–Crippen MR) is 164 cm³/mol. The van der Waals surface area contributed by atoms with E-state index < -0.39 is 0 Å². The summed E-state index contributed by atoms with van der Waals surface area (Å²) in [7, 11) is 0. The van der Waals surface area contributed by atoms with Crippen LogP contribution in [0.5, 0.6) is 0 Å². The molecule has 1 atom stereocenters. The quantitative estimate of drug-likeness (QED) is 0.0874. The van der Waals surface area contributed by atoms with Gasteiger partial charge in [-0.25, -0.2) is 0 Å². The van der Waals surface area contributed by atoms with Gasteiger partial charge in [0.05, 0.1) is 0 Å². The Hall–Kier alpha value is 0. The first-order chi connectivity index (χ1) is 17.2. The Balaban J connectivity index is 3.14. The molecule has 0 radical (unpaired) electrons. The molecule has 0 spiro atoms. The van der Waals surface area contributed by atoms with E-state index in [1.54, 1.807) is 0 Å². The van der Waals surface area contributed by atoms with Crippen molar-refractivity contribution in [3.05, 3.63) is 0 Å². The van der Waals surface area contributed by atoms with Gasteiger partial charge in [-0.15, -0.1) is 0 Å². The maximum absolute atomic E-state index is 2.51. The maximum Gasteiger partial charge on any atom is -0.0443 e. The van der Waals surface area contributed by atoms with Crippen molar-refractivity contribution in [2.45, 2.75) is 214 Å². The standard InChI is InChI=1S/C35H72/c1-5-6-7-8-9-10-11-12-13-17-20-23-26-29-32-35(4)33-30-27-24-21-18-15-14-16-19-22-25-28-31-34(2)3/h34-35H,5-33H2,1-4H3. The first kappa shape index (κ1) is 35.0. The van der Waals surface area contributed by atoms with Crippen molar-refractivity contribution in [1.82, 2.24) is 0 Å². The van der Waals surface area contributed by atoms with Crippen LogP contribution < -0.4 is 0 Å². The largest absolute Gasteiger partial charge is 0.0654 e. The van der Waals surface area contributed by atoms with Gasteiger partial charge in [-0.05, 0) is 11.8 Å². The fraction of sp³-hybridized carbons (Fsp3) is 1.00. The van der Waals surface area contributed by atoms with Gasteiger partial charge in [-0.2, -0.15) is 0 Å². The van der Waals surface area contributed by atoms with Crippen molar-refractivity contribution in [1.29, 1.82) is 0 Å². The van der Waals surface area contributed by atoms with E-state index in [9.17, 15) is 0 Å². The van der Waals surface area contributed by atoms with Gasteiger partial charge in [-0.1, -0.05) is 214 Å². The predicted octanol–water partition coefficient (Wildman–Crippen LogP) is 13.6. The number of hydrogen-bond acceptors (Lipinski definition) is 0. The van der Waals surface area contributed by atoms with Gasteiger partial charge in [0.1, 0.15) is 0 Å². The minimum atomic E-state index is 0.895. The number of hydrogen-bond donors (Lipinski definition) is 0. The normalized spacial score (nSPS) is 12.6. The molecule has 0 saturated carbocycles.